The molecule has 1 aromatic carbocycles. The van der Waals surface area contributed by atoms with E-state index in [0.717, 1.165) is 18.5 Å². The molecule has 0 aliphatic rings. The molecule has 1 aromatic rings. The monoisotopic (exact) mass is 281 g/mol. The van der Waals surface area contributed by atoms with Crippen LogP contribution in [0.15, 0.2) is 18.2 Å². The first kappa shape index (κ1) is 16.6. The standard InChI is InChI=1S/C15H24FN3O/c1-4-7-19(11-15(20)18(2)3)10-13-8-12(9-17)5-6-14(13)16/h5-6,8H,4,7,9-11,17H2,1-3H3. The average molecular weight is 281 g/mol. The maximum Gasteiger partial charge on any atom is 0.236 e. The summed E-state index contributed by atoms with van der Waals surface area (Å²) < 4.78 is 13.8. The lowest BCUT2D eigenvalue weighted by Crippen LogP contribution is -2.36. The molecule has 4 nitrogen and oxygen atoms in total. The molecule has 0 saturated heterocycles. The van der Waals surface area contributed by atoms with Gasteiger partial charge < -0.3 is 10.6 Å². The molecule has 0 aromatic heterocycles. The summed E-state index contributed by atoms with van der Waals surface area (Å²) in [7, 11) is 3.45. The normalized spacial score (nSPS) is 10.9. The Kier molecular flexibility index (Phi) is 6.61. The minimum absolute atomic E-state index is 0.0221. The van der Waals surface area contributed by atoms with Crippen LogP contribution in [0.1, 0.15) is 24.5 Å². The molecule has 5 heteroatoms. The summed E-state index contributed by atoms with van der Waals surface area (Å²) >= 11 is 0. The molecule has 0 aliphatic heterocycles. The van der Waals surface area contributed by atoms with Gasteiger partial charge in [0, 0.05) is 32.7 Å². The molecule has 0 aliphatic carbocycles. The summed E-state index contributed by atoms with van der Waals surface area (Å²) in [5.41, 5.74) is 7.07. The molecule has 1 amide bonds. The maximum atomic E-state index is 13.8. The second-order valence-corrected chi connectivity index (χ2v) is 5.13. The predicted molar refractivity (Wildman–Crippen MR) is 78.6 cm³/mol. The summed E-state index contributed by atoms with van der Waals surface area (Å²) in [6, 6.07) is 4.90. The van der Waals surface area contributed by atoms with Gasteiger partial charge in [-0.05, 0) is 24.6 Å². The summed E-state index contributed by atoms with van der Waals surface area (Å²) in [5.74, 6) is -0.227. The highest BCUT2D eigenvalue weighted by atomic mass is 19.1. The molecule has 1 rings (SSSR count). The van der Waals surface area contributed by atoms with Gasteiger partial charge in [-0.1, -0.05) is 19.1 Å². The first-order chi connectivity index (χ1) is 9.47. The van der Waals surface area contributed by atoms with Gasteiger partial charge in [-0.25, -0.2) is 4.39 Å². The van der Waals surface area contributed by atoms with Crippen LogP contribution in [-0.2, 0) is 17.9 Å². The predicted octanol–water partition coefficient (Wildman–Crippen LogP) is 1.58. The Hall–Kier alpha value is -1.46. The first-order valence-corrected chi connectivity index (χ1v) is 6.87. The van der Waals surface area contributed by atoms with Crippen LogP contribution in [0, 0.1) is 5.82 Å². The van der Waals surface area contributed by atoms with E-state index in [1.54, 1.807) is 31.1 Å². The van der Waals surface area contributed by atoms with Crippen LogP contribution < -0.4 is 5.73 Å². The Morgan fingerprint density at radius 3 is 2.60 bits per heavy atom. The van der Waals surface area contributed by atoms with Crippen LogP contribution in [0.3, 0.4) is 0 Å². The summed E-state index contributed by atoms with van der Waals surface area (Å²) in [4.78, 5) is 15.3. The fourth-order valence-electron chi connectivity index (χ4n) is 1.98. The molecule has 0 heterocycles. The van der Waals surface area contributed by atoms with E-state index in [1.807, 2.05) is 11.8 Å². The van der Waals surface area contributed by atoms with Gasteiger partial charge in [-0.15, -0.1) is 0 Å². The van der Waals surface area contributed by atoms with E-state index in [1.165, 1.54) is 6.07 Å². The van der Waals surface area contributed by atoms with Gasteiger partial charge in [0.05, 0.1) is 6.54 Å². The van der Waals surface area contributed by atoms with E-state index in [2.05, 4.69) is 0 Å². The molecule has 0 fully saturated rings. The highest BCUT2D eigenvalue weighted by Crippen LogP contribution is 2.13. The second-order valence-electron chi connectivity index (χ2n) is 5.13. The third-order valence-electron chi connectivity index (χ3n) is 3.14. The number of nitrogens with two attached hydrogens (primary N) is 1. The maximum absolute atomic E-state index is 13.8. The van der Waals surface area contributed by atoms with Gasteiger partial charge >= 0.3 is 0 Å². The fraction of sp³-hybridized carbons (Fsp3) is 0.533. The first-order valence-electron chi connectivity index (χ1n) is 6.87. The molecule has 2 N–H and O–H groups in total. The van der Waals surface area contributed by atoms with Crippen LogP contribution >= 0.6 is 0 Å². The van der Waals surface area contributed by atoms with Crippen molar-refractivity contribution in [1.29, 1.82) is 0 Å². The van der Waals surface area contributed by atoms with Crippen LogP contribution in [0.2, 0.25) is 0 Å². The minimum atomic E-state index is -0.249. The van der Waals surface area contributed by atoms with Gasteiger partial charge in [-0.2, -0.15) is 0 Å². The van der Waals surface area contributed by atoms with Crippen molar-refractivity contribution in [2.45, 2.75) is 26.4 Å². The third-order valence-corrected chi connectivity index (χ3v) is 3.14. The molecule has 0 spiro atoms. The molecule has 0 unspecified atom stereocenters. The molecule has 20 heavy (non-hydrogen) atoms. The molecule has 0 saturated carbocycles. The number of halogens is 1. The highest BCUT2D eigenvalue weighted by molar-refractivity contribution is 5.77. The Morgan fingerprint density at radius 1 is 1.35 bits per heavy atom. The zero-order valence-corrected chi connectivity index (χ0v) is 12.5. The Bertz CT molecular complexity index is 449. The number of hydrogen-bond acceptors (Lipinski definition) is 3. The van der Waals surface area contributed by atoms with Crippen molar-refractivity contribution < 1.29 is 9.18 Å². The summed E-state index contributed by atoms with van der Waals surface area (Å²) in [6.07, 6.45) is 0.916. The topological polar surface area (TPSA) is 49.6 Å². The number of rotatable bonds is 7. The van der Waals surface area contributed by atoms with E-state index in [4.69, 9.17) is 5.73 Å². The number of carbonyl (C=O) groups is 1. The van der Waals surface area contributed by atoms with Gasteiger partial charge in [0.2, 0.25) is 5.91 Å². The van der Waals surface area contributed by atoms with Gasteiger partial charge in [0.15, 0.2) is 0 Å². The minimum Gasteiger partial charge on any atom is -0.348 e. The fourth-order valence-corrected chi connectivity index (χ4v) is 1.98. The molecule has 0 bridgehead atoms. The highest BCUT2D eigenvalue weighted by Gasteiger charge is 2.14. The molecule has 0 radical (unpaired) electrons. The zero-order valence-electron chi connectivity index (χ0n) is 12.5. The number of hydrogen-bond donors (Lipinski definition) is 1. The lowest BCUT2D eigenvalue weighted by Gasteiger charge is -2.23. The van der Waals surface area contributed by atoms with Crippen molar-refractivity contribution in [2.24, 2.45) is 5.73 Å². The van der Waals surface area contributed by atoms with Crippen LogP contribution in [-0.4, -0.2) is 42.9 Å². The lowest BCUT2D eigenvalue weighted by molar-refractivity contribution is -0.130. The van der Waals surface area contributed by atoms with Crippen molar-refractivity contribution in [3.8, 4) is 0 Å². The summed E-state index contributed by atoms with van der Waals surface area (Å²) in [5, 5.41) is 0. The van der Waals surface area contributed by atoms with Crippen molar-refractivity contribution in [2.75, 3.05) is 27.2 Å². The van der Waals surface area contributed by atoms with E-state index >= 15 is 0 Å². The molecule has 0 atom stereocenters. The number of nitrogens with zero attached hydrogens (tertiary/aromatic N) is 2. The Labute approximate surface area is 120 Å². The Balaban J connectivity index is 2.81. The average Bonchev–Trinajstić information content (AvgIpc) is 2.41. The van der Waals surface area contributed by atoms with E-state index in [0.29, 0.717) is 25.2 Å². The number of amides is 1. The van der Waals surface area contributed by atoms with Crippen molar-refractivity contribution in [1.82, 2.24) is 9.80 Å². The molecule has 112 valence electrons. The van der Waals surface area contributed by atoms with Gasteiger partial charge in [0.25, 0.3) is 0 Å². The van der Waals surface area contributed by atoms with Crippen LogP contribution in [0.4, 0.5) is 4.39 Å². The van der Waals surface area contributed by atoms with E-state index in [-0.39, 0.29) is 11.7 Å². The number of benzene rings is 1. The lowest BCUT2D eigenvalue weighted by atomic mass is 10.1. The van der Waals surface area contributed by atoms with Crippen molar-refractivity contribution >= 4 is 5.91 Å². The van der Waals surface area contributed by atoms with Crippen LogP contribution in [0.5, 0.6) is 0 Å². The second kappa shape index (κ2) is 7.97. The van der Waals surface area contributed by atoms with Crippen molar-refractivity contribution in [3.63, 3.8) is 0 Å². The van der Waals surface area contributed by atoms with Crippen molar-refractivity contribution in [3.05, 3.63) is 35.1 Å². The zero-order chi connectivity index (χ0) is 15.1. The Morgan fingerprint density at radius 2 is 2.05 bits per heavy atom. The number of carbonyl (C=O) groups excluding carboxylic acids is 1. The van der Waals surface area contributed by atoms with E-state index < -0.39 is 0 Å². The molecular formula is C15H24FN3O. The largest absolute Gasteiger partial charge is 0.348 e. The smallest absolute Gasteiger partial charge is 0.236 e. The molecular weight excluding hydrogens is 257 g/mol. The van der Waals surface area contributed by atoms with Gasteiger partial charge in [0.1, 0.15) is 5.82 Å². The SMILES string of the molecule is CCCN(CC(=O)N(C)C)Cc1cc(CN)ccc1F. The quantitative estimate of drug-likeness (QED) is 0.825. The summed E-state index contributed by atoms with van der Waals surface area (Å²) in [6.45, 7) is 3.91. The van der Waals surface area contributed by atoms with Gasteiger partial charge in [-0.3, -0.25) is 9.69 Å². The van der Waals surface area contributed by atoms with Crippen LogP contribution in [0.25, 0.3) is 0 Å². The third kappa shape index (κ3) is 4.90. The number of likely N-dealkylation sites (N-methyl/N-ethyl adjacent to an activating group) is 1. The van der Waals surface area contributed by atoms with E-state index in [9.17, 15) is 9.18 Å².